The number of carbonyl (C=O) groups excluding carboxylic acids is 1. The topological polar surface area (TPSA) is 110 Å². The highest BCUT2D eigenvalue weighted by molar-refractivity contribution is 7.92. The van der Waals surface area contributed by atoms with Gasteiger partial charge in [0.1, 0.15) is 6.04 Å². The predicted octanol–water partition coefficient (Wildman–Crippen LogP) is 3.15. The summed E-state index contributed by atoms with van der Waals surface area (Å²) in [5, 5.41) is 13.9. The highest BCUT2D eigenvalue weighted by Crippen LogP contribution is 2.26. The fraction of sp³-hybridized carbons (Fsp3) is 0.526. The van der Waals surface area contributed by atoms with Crippen molar-refractivity contribution >= 4 is 27.3 Å². The number of nitrogens with zero attached hydrogens (tertiary/aromatic N) is 2. The molecule has 154 valence electrons. The smallest absolute Gasteiger partial charge is 0.271 e. The van der Waals surface area contributed by atoms with Crippen LogP contribution in [0.5, 0.6) is 0 Å². The number of carbonyl (C=O) groups is 1. The molecule has 0 saturated heterocycles. The van der Waals surface area contributed by atoms with Crippen molar-refractivity contribution in [3.05, 3.63) is 46.0 Å². The van der Waals surface area contributed by atoms with Crippen molar-refractivity contribution in [3.8, 4) is 0 Å². The Kier molecular flexibility index (Phi) is 7.56. The normalized spacial score (nSPS) is 15.4. The first kappa shape index (κ1) is 21.9. The predicted molar refractivity (Wildman–Crippen MR) is 109 cm³/mol. The zero-order valence-corrected chi connectivity index (χ0v) is 17.1. The van der Waals surface area contributed by atoms with E-state index in [2.05, 4.69) is 11.4 Å². The number of hydrogen-bond donors (Lipinski definition) is 1. The molecule has 1 N–H and O–H groups in total. The molecule has 8 nitrogen and oxygen atoms in total. The molecule has 0 radical (unpaired) electrons. The van der Waals surface area contributed by atoms with Crippen molar-refractivity contribution in [2.75, 3.05) is 17.1 Å². The second-order valence-corrected chi connectivity index (χ2v) is 8.77. The fourth-order valence-corrected chi connectivity index (χ4v) is 4.60. The molecule has 0 bridgehead atoms. The molecule has 0 aliphatic heterocycles. The fourth-order valence-electron chi connectivity index (χ4n) is 3.40. The van der Waals surface area contributed by atoms with Crippen LogP contribution in [0.15, 0.2) is 35.9 Å². The number of nitro benzene ring substituents is 1. The van der Waals surface area contributed by atoms with Gasteiger partial charge < -0.3 is 5.32 Å². The van der Waals surface area contributed by atoms with Gasteiger partial charge in [-0.15, -0.1) is 0 Å². The summed E-state index contributed by atoms with van der Waals surface area (Å²) in [7, 11) is -3.82. The maximum absolute atomic E-state index is 12.7. The Morgan fingerprint density at radius 2 is 2.11 bits per heavy atom. The lowest BCUT2D eigenvalue weighted by Gasteiger charge is -2.30. The number of allylic oxidation sites excluding steroid dienone is 1. The molecule has 0 heterocycles. The van der Waals surface area contributed by atoms with Crippen LogP contribution in [0.1, 0.15) is 45.4 Å². The molecule has 1 aromatic carbocycles. The molecular weight excluding hydrogens is 382 g/mol. The summed E-state index contributed by atoms with van der Waals surface area (Å²) >= 11 is 0. The van der Waals surface area contributed by atoms with Gasteiger partial charge in [-0.3, -0.25) is 19.2 Å². The molecular formula is C19H27N3O5S. The monoisotopic (exact) mass is 409 g/mol. The van der Waals surface area contributed by atoms with Crippen LogP contribution in [0.3, 0.4) is 0 Å². The van der Waals surface area contributed by atoms with E-state index in [-0.39, 0.29) is 17.8 Å². The maximum Gasteiger partial charge on any atom is 0.271 e. The lowest BCUT2D eigenvalue weighted by atomic mass is 9.97. The van der Waals surface area contributed by atoms with Crippen molar-refractivity contribution < 1.29 is 18.1 Å². The van der Waals surface area contributed by atoms with Crippen LogP contribution in [0.25, 0.3) is 0 Å². The molecule has 0 aromatic heterocycles. The van der Waals surface area contributed by atoms with E-state index >= 15 is 0 Å². The number of non-ortho nitro benzene ring substituents is 1. The summed E-state index contributed by atoms with van der Waals surface area (Å²) in [6.45, 7) is 2.15. The summed E-state index contributed by atoms with van der Waals surface area (Å²) in [5.74, 6) is -0.407. The molecule has 1 aliphatic rings. The van der Waals surface area contributed by atoms with E-state index in [1.54, 1.807) is 6.92 Å². The van der Waals surface area contributed by atoms with E-state index in [0.717, 1.165) is 36.2 Å². The maximum atomic E-state index is 12.7. The van der Waals surface area contributed by atoms with Crippen molar-refractivity contribution in [2.24, 2.45) is 0 Å². The Morgan fingerprint density at radius 1 is 1.36 bits per heavy atom. The number of hydrogen-bond acceptors (Lipinski definition) is 5. The number of amides is 1. The Labute approximate surface area is 165 Å². The molecule has 1 atom stereocenters. The lowest BCUT2D eigenvalue weighted by molar-refractivity contribution is -0.384. The number of nitro groups is 1. The van der Waals surface area contributed by atoms with Crippen LogP contribution in [-0.2, 0) is 14.8 Å². The first-order valence-corrected chi connectivity index (χ1v) is 11.3. The molecule has 2 rings (SSSR count). The third-order valence-electron chi connectivity index (χ3n) is 4.76. The van der Waals surface area contributed by atoms with E-state index in [0.29, 0.717) is 6.54 Å². The van der Waals surface area contributed by atoms with Crippen LogP contribution < -0.4 is 9.62 Å². The lowest BCUT2D eigenvalue weighted by Crippen LogP contribution is -2.49. The standard InChI is InChI=1S/C19H27N3O5S/c1-3-18(19(23)20-13-12-15-8-5-4-6-9-15)21(28(2,26)27)16-10-7-11-17(14-16)22(24)25/h7-8,10-11,14,18H,3-6,9,12-13H2,1-2H3,(H,20,23)/t18-/m1/s1. The highest BCUT2D eigenvalue weighted by Gasteiger charge is 2.32. The van der Waals surface area contributed by atoms with Crippen LogP contribution in [-0.4, -0.2) is 38.1 Å². The third kappa shape index (κ3) is 5.79. The average molecular weight is 410 g/mol. The Hall–Kier alpha value is -2.42. The molecule has 1 amide bonds. The van der Waals surface area contributed by atoms with Crippen LogP contribution in [0, 0.1) is 10.1 Å². The second-order valence-electron chi connectivity index (χ2n) is 6.91. The van der Waals surface area contributed by atoms with Gasteiger partial charge in [0.05, 0.1) is 16.9 Å². The summed E-state index contributed by atoms with van der Waals surface area (Å²) < 4.78 is 25.8. The molecule has 0 unspecified atom stereocenters. The van der Waals surface area contributed by atoms with Gasteiger partial charge in [0.25, 0.3) is 5.69 Å². The van der Waals surface area contributed by atoms with E-state index in [9.17, 15) is 23.3 Å². The first-order valence-electron chi connectivity index (χ1n) is 9.43. The van der Waals surface area contributed by atoms with Crippen molar-refractivity contribution in [3.63, 3.8) is 0 Å². The molecule has 1 aromatic rings. The van der Waals surface area contributed by atoms with Crippen molar-refractivity contribution in [1.29, 1.82) is 0 Å². The largest absolute Gasteiger partial charge is 0.354 e. The van der Waals surface area contributed by atoms with Crippen LogP contribution >= 0.6 is 0 Å². The van der Waals surface area contributed by atoms with Gasteiger partial charge in [0.15, 0.2) is 0 Å². The molecule has 0 saturated carbocycles. The van der Waals surface area contributed by atoms with Crippen LogP contribution in [0.2, 0.25) is 0 Å². The zero-order valence-electron chi connectivity index (χ0n) is 16.3. The molecule has 9 heteroatoms. The Balaban J connectivity index is 2.18. The number of sulfonamides is 1. The third-order valence-corrected chi connectivity index (χ3v) is 5.94. The van der Waals surface area contributed by atoms with Gasteiger partial charge >= 0.3 is 0 Å². The Morgan fingerprint density at radius 3 is 2.68 bits per heavy atom. The molecule has 1 aliphatic carbocycles. The number of anilines is 1. The van der Waals surface area contributed by atoms with Crippen molar-refractivity contribution in [1.82, 2.24) is 5.32 Å². The Bertz CT molecular complexity index is 851. The van der Waals surface area contributed by atoms with E-state index < -0.39 is 26.9 Å². The molecule has 0 spiro atoms. The van der Waals surface area contributed by atoms with Gasteiger partial charge in [-0.25, -0.2) is 8.42 Å². The van der Waals surface area contributed by atoms with Gasteiger partial charge in [0, 0.05) is 18.7 Å². The van der Waals surface area contributed by atoms with Crippen molar-refractivity contribution in [2.45, 2.75) is 51.5 Å². The summed E-state index contributed by atoms with van der Waals surface area (Å²) in [6.07, 6.45) is 8.65. The van der Waals surface area contributed by atoms with Gasteiger partial charge in [-0.1, -0.05) is 24.6 Å². The minimum absolute atomic E-state index is 0.105. The summed E-state index contributed by atoms with van der Waals surface area (Å²) in [6, 6.07) is 4.34. The minimum Gasteiger partial charge on any atom is -0.354 e. The summed E-state index contributed by atoms with van der Waals surface area (Å²) in [5.41, 5.74) is 1.19. The van der Waals surface area contributed by atoms with Gasteiger partial charge in [0.2, 0.25) is 15.9 Å². The minimum atomic E-state index is -3.82. The number of rotatable bonds is 9. The number of nitrogens with one attached hydrogen (secondary N) is 1. The van der Waals surface area contributed by atoms with E-state index in [4.69, 9.17) is 0 Å². The first-order chi connectivity index (χ1) is 13.2. The summed E-state index contributed by atoms with van der Waals surface area (Å²) in [4.78, 5) is 23.2. The van der Waals surface area contributed by atoms with Gasteiger partial charge in [-0.2, -0.15) is 0 Å². The highest BCUT2D eigenvalue weighted by atomic mass is 32.2. The quantitative estimate of drug-likeness (QED) is 0.383. The SMILES string of the molecule is CC[C@H](C(=O)NCCC1=CCCCC1)N(c1cccc([N+](=O)[O-])c1)S(C)(=O)=O. The van der Waals surface area contributed by atoms with E-state index in [1.807, 2.05) is 0 Å². The average Bonchev–Trinajstić information content (AvgIpc) is 2.65. The molecule has 28 heavy (non-hydrogen) atoms. The number of benzene rings is 1. The molecule has 0 fully saturated rings. The second kappa shape index (κ2) is 9.68. The van der Waals surface area contributed by atoms with E-state index in [1.165, 1.54) is 36.3 Å². The van der Waals surface area contributed by atoms with Crippen LogP contribution in [0.4, 0.5) is 11.4 Å². The zero-order chi connectivity index (χ0) is 20.7. The van der Waals surface area contributed by atoms with Gasteiger partial charge in [-0.05, 0) is 44.6 Å².